The molecule has 2 aromatic heterocycles. The van der Waals surface area contributed by atoms with Crippen LogP contribution in [0.5, 0.6) is 0 Å². The van der Waals surface area contributed by atoms with E-state index in [4.69, 9.17) is 0 Å². The summed E-state index contributed by atoms with van der Waals surface area (Å²) in [5.41, 5.74) is 3.30. The first kappa shape index (κ1) is 14.8. The molecular formula is C17H19N3OS. The number of rotatable bonds is 5. The molecule has 0 atom stereocenters. The maximum atomic E-state index is 12.3. The van der Waals surface area contributed by atoms with E-state index in [2.05, 4.69) is 23.4 Å². The molecule has 0 N–H and O–H groups in total. The Morgan fingerprint density at radius 1 is 1.32 bits per heavy atom. The number of carbonyl (C=O) groups excluding carboxylic acids is 1. The van der Waals surface area contributed by atoms with Gasteiger partial charge in [-0.3, -0.25) is 4.79 Å². The maximum Gasteiger partial charge on any atom is 0.224 e. The van der Waals surface area contributed by atoms with E-state index in [-0.39, 0.29) is 5.91 Å². The summed E-state index contributed by atoms with van der Waals surface area (Å²) in [5, 5.41) is 2.07. The molecule has 1 aromatic carbocycles. The fourth-order valence-corrected chi connectivity index (χ4v) is 3.42. The summed E-state index contributed by atoms with van der Waals surface area (Å²) in [6.07, 6.45) is 2.29. The highest BCUT2D eigenvalue weighted by atomic mass is 32.1. The van der Waals surface area contributed by atoms with E-state index in [0.717, 1.165) is 11.0 Å². The summed E-state index contributed by atoms with van der Waals surface area (Å²) in [6, 6.07) is 10.1. The second-order valence-electron chi connectivity index (χ2n) is 5.45. The fraction of sp³-hybridized carbons (Fsp3) is 0.294. The number of para-hydroxylation sites is 2. The lowest BCUT2D eigenvalue weighted by molar-refractivity contribution is -0.130. The van der Waals surface area contributed by atoms with E-state index in [1.54, 1.807) is 22.6 Å². The Bertz CT molecular complexity index is 790. The molecule has 0 bridgehead atoms. The highest BCUT2D eigenvalue weighted by molar-refractivity contribution is 7.10. The zero-order valence-electron chi connectivity index (χ0n) is 12.8. The Labute approximate surface area is 134 Å². The van der Waals surface area contributed by atoms with Crippen molar-refractivity contribution in [2.24, 2.45) is 0 Å². The van der Waals surface area contributed by atoms with Crippen molar-refractivity contribution < 1.29 is 4.79 Å². The first-order valence-corrected chi connectivity index (χ1v) is 8.20. The van der Waals surface area contributed by atoms with Crippen LogP contribution in [0.3, 0.4) is 0 Å². The Hall–Kier alpha value is -2.14. The molecule has 2 heterocycles. The Balaban J connectivity index is 1.61. The number of aromatic nitrogens is 2. The van der Waals surface area contributed by atoms with Crippen molar-refractivity contribution in [3.05, 3.63) is 52.5 Å². The average molecular weight is 313 g/mol. The quantitative estimate of drug-likeness (QED) is 0.723. The van der Waals surface area contributed by atoms with Gasteiger partial charge in [-0.2, -0.15) is 0 Å². The van der Waals surface area contributed by atoms with Crippen LogP contribution in [0.15, 0.2) is 42.0 Å². The zero-order valence-corrected chi connectivity index (χ0v) is 13.6. The number of nitrogens with zero attached hydrogens (tertiary/aromatic N) is 3. The van der Waals surface area contributed by atoms with Gasteiger partial charge in [-0.1, -0.05) is 12.1 Å². The van der Waals surface area contributed by atoms with Crippen LogP contribution in [0.4, 0.5) is 0 Å². The van der Waals surface area contributed by atoms with Crippen molar-refractivity contribution in [1.29, 1.82) is 0 Å². The van der Waals surface area contributed by atoms with Gasteiger partial charge in [-0.05, 0) is 36.1 Å². The van der Waals surface area contributed by atoms with Crippen molar-refractivity contribution in [3.8, 4) is 0 Å². The lowest BCUT2D eigenvalue weighted by Gasteiger charge is -2.17. The highest BCUT2D eigenvalue weighted by Gasteiger charge is 2.12. The number of hydrogen-bond donors (Lipinski definition) is 0. The zero-order chi connectivity index (χ0) is 15.5. The standard InChI is InChI=1S/C17H19N3OS/c1-13-8-10-22-16(13)11-19(2)17(21)7-9-20-12-18-14-5-3-4-6-15(14)20/h3-6,8,10,12H,7,9,11H2,1-2H3. The smallest absolute Gasteiger partial charge is 0.224 e. The van der Waals surface area contributed by atoms with Gasteiger partial charge in [0.15, 0.2) is 0 Å². The number of imidazole rings is 1. The predicted octanol–water partition coefficient (Wildman–Crippen LogP) is 3.45. The van der Waals surface area contributed by atoms with Gasteiger partial charge in [0.2, 0.25) is 5.91 Å². The van der Waals surface area contributed by atoms with Gasteiger partial charge in [-0.15, -0.1) is 11.3 Å². The van der Waals surface area contributed by atoms with Gasteiger partial charge in [0.05, 0.1) is 23.9 Å². The van der Waals surface area contributed by atoms with Gasteiger partial charge in [0, 0.05) is 24.9 Å². The van der Waals surface area contributed by atoms with E-state index in [9.17, 15) is 4.79 Å². The number of hydrogen-bond acceptors (Lipinski definition) is 3. The molecule has 5 heteroatoms. The number of aryl methyl sites for hydroxylation is 2. The van der Waals surface area contributed by atoms with Gasteiger partial charge in [0.25, 0.3) is 0 Å². The lowest BCUT2D eigenvalue weighted by atomic mass is 10.2. The molecule has 114 valence electrons. The van der Waals surface area contributed by atoms with Crippen LogP contribution in [0.2, 0.25) is 0 Å². The Morgan fingerprint density at radius 2 is 2.14 bits per heavy atom. The van der Waals surface area contributed by atoms with Crippen molar-refractivity contribution in [1.82, 2.24) is 14.5 Å². The molecule has 3 aromatic rings. The molecule has 1 amide bonds. The molecular weight excluding hydrogens is 294 g/mol. The number of carbonyl (C=O) groups is 1. The molecule has 0 aliphatic rings. The van der Waals surface area contributed by atoms with Crippen LogP contribution >= 0.6 is 11.3 Å². The molecule has 0 unspecified atom stereocenters. The Kier molecular flexibility index (Phi) is 4.24. The molecule has 0 aliphatic heterocycles. The summed E-state index contributed by atoms with van der Waals surface area (Å²) in [7, 11) is 1.87. The van der Waals surface area contributed by atoms with Crippen LogP contribution in [-0.4, -0.2) is 27.4 Å². The minimum Gasteiger partial charge on any atom is -0.341 e. The van der Waals surface area contributed by atoms with Crippen LogP contribution in [0.25, 0.3) is 11.0 Å². The fourth-order valence-electron chi connectivity index (χ4n) is 2.47. The van der Waals surface area contributed by atoms with Crippen molar-refractivity contribution in [2.45, 2.75) is 26.4 Å². The molecule has 0 spiro atoms. The minimum atomic E-state index is 0.158. The molecule has 4 nitrogen and oxygen atoms in total. The predicted molar refractivity (Wildman–Crippen MR) is 89.9 cm³/mol. The second kappa shape index (κ2) is 6.32. The molecule has 0 saturated heterocycles. The van der Waals surface area contributed by atoms with E-state index in [0.29, 0.717) is 19.5 Å². The lowest BCUT2D eigenvalue weighted by Crippen LogP contribution is -2.26. The van der Waals surface area contributed by atoms with Gasteiger partial charge in [-0.25, -0.2) is 4.98 Å². The van der Waals surface area contributed by atoms with E-state index in [1.807, 2.05) is 35.9 Å². The van der Waals surface area contributed by atoms with Crippen molar-refractivity contribution in [3.63, 3.8) is 0 Å². The normalized spacial score (nSPS) is 11.0. The largest absolute Gasteiger partial charge is 0.341 e. The number of amides is 1. The summed E-state index contributed by atoms with van der Waals surface area (Å²) >= 11 is 1.70. The van der Waals surface area contributed by atoms with E-state index < -0.39 is 0 Å². The topological polar surface area (TPSA) is 38.1 Å². The van der Waals surface area contributed by atoms with Crippen LogP contribution < -0.4 is 0 Å². The minimum absolute atomic E-state index is 0.158. The third-order valence-electron chi connectivity index (χ3n) is 3.87. The molecule has 22 heavy (non-hydrogen) atoms. The first-order valence-electron chi connectivity index (χ1n) is 7.32. The monoisotopic (exact) mass is 313 g/mol. The summed E-state index contributed by atoms with van der Waals surface area (Å²) in [4.78, 5) is 19.7. The molecule has 0 aliphatic carbocycles. The molecule has 0 fully saturated rings. The van der Waals surface area contributed by atoms with E-state index in [1.165, 1.54) is 10.4 Å². The summed E-state index contributed by atoms with van der Waals surface area (Å²) < 4.78 is 2.04. The number of thiophene rings is 1. The van der Waals surface area contributed by atoms with Gasteiger partial charge < -0.3 is 9.47 Å². The highest BCUT2D eigenvalue weighted by Crippen LogP contribution is 2.18. The van der Waals surface area contributed by atoms with Crippen LogP contribution in [0, 0.1) is 6.92 Å². The summed E-state index contributed by atoms with van der Waals surface area (Å²) in [6.45, 7) is 3.43. The van der Waals surface area contributed by atoms with Gasteiger partial charge >= 0.3 is 0 Å². The number of fused-ring (bicyclic) bond motifs is 1. The first-order chi connectivity index (χ1) is 10.6. The van der Waals surface area contributed by atoms with Crippen LogP contribution in [0.1, 0.15) is 16.9 Å². The third-order valence-corrected chi connectivity index (χ3v) is 4.88. The van der Waals surface area contributed by atoms with E-state index >= 15 is 0 Å². The Morgan fingerprint density at radius 3 is 2.91 bits per heavy atom. The van der Waals surface area contributed by atoms with Crippen molar-refractivity contribution in [2.75, 3.05) is 7.05 Å². The average Bonchev–Trinajstić information content (AvgIpc) is 3.11. The molecule has 3 rings (SSSR count). The van der Waals surface area contributed by atoms with Crippen LogP contribution in [-0.2, 0) is 17.9 Å². The summed E-state index contributed by atoms with van der Waals surface area (Å²) in [5.74, 6) is 0.158. The SMILES string of the molecule is Cc1ccsc1CN(C)C(=O)CCn1cnc2ccccc21. The maximum absolute atomic E-state index is 12.3. The third kappa shape index (κ3) is 3.04. The molecule has 0 saturated carbocycles. The van der Waals surface area contributed by atoms with Crippen molar-refractivity contribution >= 4 is 28.3 Å². The molecule has 0 radical (unpaired) electrons. The van der Waals surface area contributed by atoms with Gasteiger partial charge in [0.1, 0.15) is 0 Å². The second-order valence-corrected chi connectivity index (χ2v) is 6.45. The number of benzene rings is 1.